The molecule has 1 fully saturated rings. The highest BCUT2D eigenvalue weighted by Crippen LogP contribution is 2.17. The van der Waals surface area contributed by atoms with Crippen molar-refractivity contribution in [3.63, 3.8) is 0 Å². The van der Waals surface area contributed by atoms with Gasteiger partial charge in [0.15, 0.2) is 14.9 Å². The highest BCUT2D eigenvalue weighted by Gasteiger charge is 2.28. The maximum absolute atomic E-state index is 11.4. The lowest BCUT2D eigenvalue weighted by atomic mass is 10.2. The van der Waals surface area contributed by atoms with Gasteiger partial charge in [-0.25, -0.2) is 8.42 Å². The Morgan fingerprint density at radius 3 is 2.75 bits per heavy atom. The molecule has 0 saturated carbocycles. The Bertz CT molecular complexity index is 599. The van der Waals surface area contributed by atoms with Gasteiger partial charge in [0.05, 0.1) is 11.5 Å². The molecule has 1 atom stereocenters. The number of anilines is 2. The lowest BCUT2D eigenvalue weighted by Gasteiger charge is -2.17. The lowest BCUT2D eigenvalue weighted by Crippen LogP contribution is -2.38. The van der Waals surface area contributed by atoms with Gasteiger partial charge in [-0.1, -0.05) is 6.07 Å². The highest BCUT2D eigenvalue weighted by molar-refractivity contribution is 7.91. The van der Waals surface area contributed by atoms with Crippen molar-refractivity contribution in [2.75, 3.05) is 35.8 Å². The van der Waals surface area contributed by atoms with Crippen LogP contribution in [-0.4, -0.2) is 45.2 Å². The summed E-state index contributed by atoms with van der Waals surface area (Å²) in [4.78, 5) is 2.01. The van der Waals surface area contributed by atoms with Gasteiger partial charge in [-0.3, -0.25) is 0 Å². The molecule has 1 saturated heterocycles. The first-order chi connectivity index (χ1) is 9.35. The zero-order valence-electron chi connectivity index (χ0n) is 11.6. The van der Waals surface area contributed by atoms with Crippen LogP contribution in [0.25, 0.3) is 0 Å². The number of nitrogens with zero attached hydrogens (tertiary/aromatic N) is 1. The Hall–Kier alpha value is -1.34. The number of hydrogen-bond acceptors (Lipinski definition) is 4. The summed E-state index contributed by atoms with van der Waals surface area (Å²) >= 11 is 5.23. The fourth-order valence-electron chi connectivity index (χ4n) is 2.12. The average molecular weight is 313 g/mol. The van der Waals surface area contributed by atoms with Gasteiger partial charge in [-0.15, -0.1) is 0 Å². The van der Waals surface area contributed by atoms with Crippen molar-refractivity contribution in [1.82, 2.24) is 5.32 Å². The van der Waals surface area contributed by atoms with E-state index in [1.807, 2.05) is 43.3 Å². The van der Waals surface area contributed by atoms with Gasteiger partial charge in [-0.05, 0) is 36.8 Å². The summed E-state index contributed by atoms with van der Waals surface area (Å²) in [5.74, 6) is 0.399. The van der Waals surface area contributed by atoms with Crippen molar-refractivity contribution in [3.05, 3.63) is 24.3 Å². The topological polar surface area (TPSA) is 61.4 Å². The van der Waals surface area contributed by atoms with Crippen LogP contribution in [0.1, 0.15) is 6.42 Å². The average Bonchev–Trinajstić information content (AvgIpc) is 2.68. The molecular formula is C13H19N3O2S2. The van der Waals surface area contributed by atoms with E-state index in [1.165, 1.54) is 0 Å². The molecule has 0 aromatic heterocycles. The third kappa shape index (κ3) is 4.08. The van der Waals surface area contributed by atoms with E-state index >= 15 is 0 Å². The van der Waals surface area contributed by atoms with Gasteiger partial charge in [0.25, 0.3) is 0 Å². The molecule has 2 rings (SSSR count). The molecule has 1 aliphatic rings. The minimum Gasteiger partial charge on any atom is -0.378 e. The molecular weight excluding hydrogens is 294 g/mol. The summed E-state index contributed by atoms with van der Waals surface area (Å²) in [6.07, 6.45) is 0.613. The molecule has 2 N–H and O–H groups in total. The Labute approximate surface area is 125 Å². The fraction of sp³-hybridized carbons (Fsp3) is 0.462. The predicted molar refractivity (Wildman–Crippen MR) is 87.2 cm³/mol. The Balaban J connectivity index is 1.93. The predicted octanol–water partition coefficient (Wildman–Crippen LogP) is 1.23. The van der Waals surface area contributed by atoms with Crippen molar-refractivity contribution in [3.8, 4) is 0 Å². The molecule has 0 amide bonds. The van der Waals surface area contributed by atoms with Gasteiger partial charge < -0.3 is 15.5 Å². The summed E-state index contributed by atoms with van der Waals surface area (Å²) < 4.78 is 22.8. The molecule has 0 spiro atoms. The number of benzene rings is 1. The Morgan fingerprint density at radius 1 is 1.40 bits per heavy atom. The van der Waals surface area contributed by atoms with Crippen LogP contribution in [0.3, 0.4) is 0 Å². The van der Waals surface area contributed by atoms with Crippen LogP contribution in [0.2, 0.25) is 0 Å². The maximum Gasteiger partial charge on any atom is 0.171 e. The second-order valence-corrected chi connectivity index (χ2v) is 7.78. The van der Waals surface area contributed by atoms with E-state index in [-0.39, 0.29) is 17.5 Å². The molecule has 7 heteroatoms. The van der Waals surface area contributed by atoms with Gasteiger partial charge in [0, 0.05) is 31.5 Å². The standard InChI is InChI=1S/C13H19N3O2S2/c1-16(2)12-5-3-4-10(8-12)14-13(19)15-11-6-7-20(17,18)9-11/h3-5,8,11H,6-7,9H2,1-2H3,(H2,14,15,19)/t11-/m1/s1. The maximum atomic E-state index is 11.4. The quantitative estimate of drug-likeness (QED) is 0.819. The molecule has 1 heterocycles. The first-order valence-electron chi connectivity index (χ1n) is 6.41. The van der Waals surface area contributed by atoms with E-state index in [0.29, 0.717) is 11.5 Å². The van der Waals surface area contributed by atoms with Crippen molar-refractivity contribution in [2.45, 2.75) is 12.5 Å². The number of hydrogen-bond donors (Lipinski definition) is 2. The molecule has 1 aliphatic heterocycles. The summed E-state index contributed by atoms with van der Waals surface area (Å²) in [6, 6.07) is 7.77. The van der Waals surface area contributed by atoms with Crippen LogP contribution in [-0.2, 0) is 9.84 Å². The minimum absolute atomic E-state index is 0.0861. The molecule has 0 radical (unpaired) electrons. The fourth-order valence-corrected chi connectivity index (χ4v) is 4.08. The summed E-state index contributed by atoms with van der Waals surface area (Å²) in [7, 11) is 1.05. The van der Waals surface area contributed by atoms with Crippen molar-refractivity contribution in [2.24, 2.45) is 0 Å². The van der Waals surface area contributed by atoms with Crippen molar-refractivity contribution >= 4 is 38.5 Å². The van der Waals surface area contributed by atoms with Crippen LogP contribution in [0, 0.1) is 0 Å². The van der Waals surface area contributed by atoms with Gasteiger partial charge >= 0.3 is 0 Å². The van der Waals surface area contributed by atoms with Crippen LogP contribution in [0.15, 0.2) is 24.3 Å². The monoisotopic (exact) mass is 313 g/mol. The summed E-state index contributed by atoms with van der Waals surface area (Å²) in [5, 5.41) is 6.61. The first kappa shape index (κ1) is 15.1. The van der Waals surface area contributed by atoms with Crippen molar-refractivity contribution < 1.29 is 8.42 Å². The number of nitrogens with one attached hydrogen (secondary N) is 2. The number of rotatable bonds is 3. The Kier molecular flexibility index (Phi) is 4.49. The van der Waals surface area contributed by atoms with E-state index in [4.69, 9.17) is 12.2 Å². The van der Waals surface area contributed by atoms with Crippen LogP contribution < -0.4 is 15.5 Å². The smallest absolute Gasteiger partial charge is 0.171 e. The molecule has 1 aromatic carbocycles. The third-order valence-corrected chi connectivity index (χ3v) is 5.18. The van der Waals surface area contributed by atoms with E-state index in [2.05, 4.69) is 10.6 Å². The van der Waals surface area contributed by atoms with Crippen LogP contribution in [0.4, 0.5) is 11.4 Å². The summed E-state index contributed by atoms with van der Waals surface area (Å²) in [5.41, 5.74) is 1.95. The molecule has 1 aromatic rings. The first-order valence-corrected chi connectivity index (χ1v) is 8.64. The molecule has 0 bridgehead atoms. The second kappa shape index (κ2) is 5.97. The Morgan fingerprint density at radius 2 is 2.15 bits per heavy atom. The normalized spacial score (nSPS) is 20.4. The van der Waals surface area contributed by atoms with Gasteiger partial charge in [0.2, 0.25) is 0 Å². The van der Waals surface area contributed by atoms with E-state index in [0.717, 1.165) is 11.4 Å². The van der Waals surface area contributed by atoms with Crippen LogP contribution >= 0.6 is 12.2 Å². The third-order valence-electron chi connectivity index (χ3n) is 3.19. The second-order valence-electron chi connectivity index (χ2n) is 5.14. The molecule has 0 unspecified atom stereocenters. The van der Waals surface area contributed by atoms with Gasteiger partial charge in [0.1, 0.15) is 0 Å². The number of sulfone groups is 1. The van der Waals surface area contributed by atoms with E-state index < -0.39 is 9.84 Å². The van der Waals surface area contributed by atoms with E-state index in [1.54, 1.807) is 0 Å². The zero-order chi connectivity index (χ0) is 14.8. The van der Waals surface area contributed by atoms with Crippen molar-refractivity contribution in [1.29, 1.82) is 0 Å². The zero-order valence-corrected chi connectivity index (χ0v) is 13.2. The van der Waals surface area contributed by atoms with Crippen LogP contribution in [0.5, 0.6) is 0 Å². The largest absolute Gasteiger partial charge is 0.378 e. The highest BCUT2D eigenvalue weighted by atomic mass is 32.2. The molecule has 5 nitrogen and oxygen atoms in total. The molecule has 110 valence electrons. The van der Waals surface area contributed by atoms with Gasteiger partial charge in [-0.2, -0.15) is 0 Å². The van der Waals surface area contributed by atoms with E-state index in [9.17, 15) is 8.42 Å². The SMILES string of the molecule is CN(C)c1cccc(NC(=S)N[C@@H]2CCS(=O)(=O)C2)c1. The lowest BCUT2D eigenvalue weighted by molar-refractivity contribution is 0.600. The number of thiocarbonyl (C=S) groups is 1. The minimum atomic E-state index is -2.89. The molecule has 20 heavy (non-hydrogen) atoms. The summed E-state index contributed by atoms with van der Waals surface area (Å²) in [6.45, 7) is 0. The molecule has 0 aliphatic carbocycles.